The summed E-state index contributed by atoms with van der Waals surface area (Å²) in [6.45, 7) is 5.36. The number of rotatable bonds is 2. The molecular weight excluding hydrogens is 252 g/mol. The molecule has 2 heterocycles. The lowest BCUT2D eigenvalue weighted by Gasteiger charge is -2.36. The topological polar surface area (TPSA) is 50.4 Å². The number of hydrogen-bond donors (Lipinski definition) is 2. The van der Waals surface area contributed by atoms with Crippen molar-refractivity contribution < 1.29 is 9.53 Å². The van der Waals surface area contributed by atoms with E-state index in [4.69, 9.17) is 4.74 Å². The zero-order valence-electron chi connectivity index (χ0n) is 12.1. The first kappa shape index (κ1) is 13.4. The van der Waals surface area contributed by atoms with Crippen LogP contribution in [0.15, 0.2) is 24.3 Å². The van der Waals surface area contributed by atoms with Crippen LogP contribution >= 0.6 is 0 Å². The minimum absolute atomic E-state index is 0.00796. The van der Waals surface area contributed by atoms with E-state index in [1.54, 1.807) is 0 Å². The smallest absolute Gasteiger partial charge is 0.261 e. The highest BCUT2D eigenvalue weighted by Gasteiger charge is 2.34. The molecule has 1 fully saturated rings. The van der Waals surface area contributed by atoms with Gasteiger partial charge in [0, 0.05) is 18.5 Å². The zero-order valence-corrected chi connectivity index (χ0v) is 12.1. The highest BCUT2D eigenvalue weighted by molar-refractivity contribution is 5.82. The van der Waals surface area contributed by atoms with Gasteiger partial charge in [0.2, 0.25) is 0 Å². The summed E-state index contributed by atoms with van der Waals surface area (Å²) in [5.41, 5.74) is 1.12. The SMILES string of the molecule is CC1CCNC(C)C1NC(=O)C1Cc2ccccc2O1. The standard InChI is InChI=1S/C16H22N2O2/c1-10-7-8-17-11(2)15(10)18-16(19)14-9-12-5-3-4-6-13(12)20-14/h3-6,10-11,14-15,17H,7-9H2,1-2H3,(H,18,19). The Morgan fingerprint density at radius 1 is 1.35 bits per heavy atom. The van der Waals surface area contributed by atoms with Crippen molar-refractivity contribution in [3.63, 3.8) is 0 Å². The predicted molar refractivity (Wildman–Crippen MR) is 77.7 cm³/mol. The second-order valence-corrected chi connectivity index (χ2v) is 5.96. The normalized spacial score (nSPS) is 32.3. The monoisotopic (exact) mass is 274 g/mol. The average Bonchev–Trinajstić information content (AvgIpc) is 2.87. The molecule has 1 aromatic rings. The van der Waals surface area contributed by atoms with Crippen LogP contribution in [0.2, 0.25) is 0 Å². The number of ether oxygens (including phenoxy) is 1. The van der Waals surface area contributed by atoms with Gasteiger partial charge in [-0.25, -0.2) is 0 Å². The number of carbonyl (C=O) groups is 1. The van der Waals surface area contributed by atoms with Crippen molar-refractivity contribution in [2.24, 2.45) is 5.92 Å². The van der Waals surface area contributed by atoms with Gasteiger partial charge in [0.15, 0.2) is 6.10 Å². The lowest BCUT2D eigenvalue weighted by Crippen LogP contribution is -2.57. The number of nitrogens with one attached hydrogen (secondary N) is 2. The van der Waals surface area contributed by atoms with Crippen molar-refractivity contribution in [2.75, 3.05) is 6.54 Å². The van der Waals surface area contributed by atoms with Crippen molar-refractivity contribution in [3.05, 3.63) is 29.8 Å². The Morgan fingerprint density at radius 3 is 2.90 bits per heavy atom. The Kier molecular flexibility index (Phi) is 3.66. The summed E-state index contributed by atoms with van der Waals surface area (Å²) in [6.07, 6.45) is 1.39. The molecule has 1 amide bonds. The number of amides is 1. The van der Waals surface area contributed by atoms with Crippen LogP contribution in [-0.4, -0.2) is 30.6 Å². The number of piperidine rings is 1. The molecule has 108 valence electrons. The molecule has 0 radical (unpaired) electrons. The lowest BCUT2D eigenvalue weighted by atomic mass is 9.89. The summed E-state index contributed by atoms with van der Waals surface area (Å²) >= 11 is 0. The third-order valence-corrected chi connectivity index (χ3v) is 4.47. The maximum Gasteiger partial charge on any atom is 0.261 e. The number of benzene rings is 1. The summed E-state index contributed by atoms with van der Waals surface area (Å²) in [5, 5.41) is 6.59. The van der Waals surface area contributed by atoms with Crippen molar-refractivity contribution >= 4 is 5.91 Å². The van der Waals surface area contributed by atoms with Crippen LogP contribution in [0.3, 0.4) is 0 Å². The Hall–Kier alpha value is -1.55. The molecule has 0 bridgehead atoms. The highest BCUT2D eigenvalue weighted by Crippen LogP contribution is 2.28. The van der Waals surface area contributed by atoms with Gasteiger partial charge in [0.25, 0.3) is 5.91 Å². The van der Waals surface area contributed by atoms with Crippen LogP contribution in [0, 0.1) is 5.92 Å². The summed E-state index contributed by atoms with van der Waals surface area (Å²) < 4.78 is 5.75. The van der Waals surface area contributed by atoms with Crippen LogP contribution in [0.5, 0.6) is 5.75 Å². The molecule has 0 aromatic heterocycles. The largest absolute Gasteiger partial charge is 0.480 e. The second-order valence-electron chi connectivity index (χ2n) is 5.96. The Balaban J connectivity index is 1.63. The number of fused-ring (bicyclic) bond motifs is 1. The van der Waals surface area contributed by atoms with E-state index in [2.05, 4.69) is 24.5 Å². The minimum Gasteiger partial charge on any atom is -0.480 e. The van der Waals surface area contributed by atoms with Gasteiger partial charge in [-0.3, -0.25) is 4.79 Å². The summed E-state index contributed by atoms with van der Waals surface area (Å²) in [7, 11) is 0. The molecule has 4 nitrogen and oxygen atoms in total. The molecule has 20 heavy (non-hydrogen) atoms. The molecule has 1 saturated heterocycles. The molecule has 4 heteroatoms. The van der Waals surface area contributed by atoms with Gasteiger partial charge in [0.05, 0.1) is 0 Å². The molecule has 0 saturated carbocycles. The van der Waals surface area contributed by atoms with Gasteiger partial charge in [-0.2, -0.15) is 0 Å². The van der Waals surface area contributed by atoms with Gasteiger partial charge >= 0.3 is 0 Å². The Bertz CT molecular complexity index is 468. The fraction of sp³-hybridized carbons (Fsp3) is 0.562. The van der Waals surface area contributed by atoms with E-state index < -0.39 is 0 Å². The summed E-state index contributed by atoms with van der Waals surface area (Å²) in [5.74, 6) is 1.35. The van der Waals surface area contributed by atoms with Crippen molar-refractivity contribution in [2.45, 2.75) is 44.9 Å². The van der Waals surface area contributed by atoms with Crippen LogP contribution < -0.4 is 15.4 Å². The second kappa shape index (κ2) is 5.44. The summed E-state index contributed by atoms with van der Waals surface area (Å²) in [6, 6.07) is 8.37. The van der Waals surface area contributed by atoms with Gasteiger partial charge in [-0.15, -0.1) is 0 Å². The summed E-state index contributed by atoms with van der Waals surface area (Å²) in [4.78, 5) is 12.4. The molecule has 2 aliphatic heterocycles. The maximum absolute atomic E-state index is 12.4. The van der Waals surface area contributed by atoms with Gasteiger partial charge in [-0.05, 0) is 37.4 Å². The first-order valence-corrected chi connectivity index (χ1v) is 7.43. The Labute approximate surface area is 119 Å². The van der Waals surface area contributed by atoms with E-state index in [9.17, 15) is 4.79 Å². The molecule has 1 aromatic carbocycles. The van der Waals surface area contributed by atoms with E-state index >= 15 is 0 Å². The number of para-hydroxylation sites is 1. The molecule has 2 N–H and O–H groups in total. The minimum atomic E-state index is -0.381. The van der Waals surface area contributed by atoms with Gasteiger partial charge in [-0.1, -0.05) is 25.1 Å². The lowest BCUT2D eigenvalue weighted by molar-refractivity contribution is -0.128. The van der Waals surface area contributed by atoms with E-state index in [-0.39, 0.29) is 18.1 Å². The van der Waals surface area contributed by atoms with Crippen LogP contribution in [0.4, 0.5) is 0 Å². The third-order valence-electron chi connectivity index (χ3n) is 4.47. The highest BCUT2D eigenvalue weighted by atomic mass is 16.5. The first-order valence-electron chi connectivity index (χ1n) is 7.43. The van der Waals surface area contributed by atoms with E-state index in [1.165, 1.54) is 0 Å². The average molecular weight is 274 g/mol. The van der Waals surface area contributed by atoms with Crippen LogP contribution in [0.1, 0.15) is 25.8 Å². The molecule has 2 aliphatic rings. The molecular formula is C16H22N2O2. The number of hydrogen-bond acceptors (Lipinski definition) is 3. The fourth-order valence-electron chi connectivity index (χ4n) is 3.19. The van der Waals surface area contributed by atoms with E-state index in [0.717, 1.165) is 24.3 Å². The van der Waals surface area contributed by atoms with Gasteiger partial charge < -0.3 is 15.4 Å². The zero-order chi connectivity index (χ0) is 14.1. The number of carbonyl (C=O) groups excluding carboxylic acids is 1. The fourth-order valence-corrected chi connectivity index (χ4v) is 3.19. The molecule has 3 rings (SSSR count). The van der Waals surface area contributed by atoms with Crippen LogP contribution in [0.25, 0.3) is 0 Å². The van der Waals surface area contributed by atoms with Crippen molar-refractivity contribution in [3.8, 4) is 5.75 Å². The van der Waals surface area contributed by atoms with E-state index in [1.807, 2.05) is 24.3 Å². The molecule has 4 atom stereocenters. The Morgan fingerprint density at radius 2 is 2.15 bits per heavy atom. The van der Waals surface area contributed by atoms with E-state index in [0.29, 0.717) is 18.4 Å². The maximum atomic E-state index is 12.4. The predicted octanol–water partition coefficient (Wildman–Crippen LogP) is 1.49. The first-order chi connectivity index (χ1) is 9.65. The van der Waals surface area contributed by atoms with Crippen molar-refractivity contribution in [1.29, 1.82) is 0 Å². The van der Waals surface area contributed by atoms with Crippen molar-refractivity contribution in [1.82, 2.24) is 10.6 Å². The van der Waals surface area contributed by atoms with Gasteiger partial charge in [0.1, 0.15) is 5.75 Å². The third kappa shape index (κ3) is 2.52. The van der Waals surface area contributed by atoms with Crippen LogP contribution in [-0.2, 0) is 11.2 Å². The quantitative estimate of drug-likeness (QED) is 0.859. The molecule has 0 spiro atoms. The molecule has 0 aliphatic carbocycles. The molecule has 4 unspecified atom stereocenters.